The molecule has 9 heteroatoms. The van der Waals surface area contributed by atoms with Crippen LogP contribution in [0.4, 0.5) is 5.69 Å². The van der Waals surface area contributed by atoms with Gasteiger partial charge in [0, 0.05) is 12.1 Å². The van der Waals surface area contributed by atoms with E-state index in [1.165, 1.54) is 0 Å². The van der Waals surface area contributed by atoms with E-state index >= 15 is 0 Å². The largest absolute Gasteiger partial charge is 0.489 e. The fourth-order valence-electron chi connectivity index (χ4n) is 2.69. The molecule has 1 amide bonds. The average molecular weight is 411 g/mol. The molecule has 1 heterocycles. The number of hydrogen-bond donors (Lipinski definition) is 2. The summed E-state index contributed by atoms with van der Waals surface area (Å²) in [6.45, 7) is 1.07. The molecule has 2 aromatic rings. The third-order valence-corrected chi connectivity index (χ3v) is 4.85. The summed E-state index contributed by atoms with van der Waals surface area (Å²) in [4.78, 5) is 12.3. The first-order chi connectivity index (χ1) is 12.8. The minimum Gasteiger partial charge on any atom is -0.489 e. The van der Waals surface area contributed by atoms with Gasteiger partial charge in [-0.15, -0.1) is 0 Å². The molecular weight excluding hydrogens is 392 g/mol. The van der Waals surface area contributed by atoms with Crippen LogP contribution in [-0.2, 0) is 27.0 Å². The van der Waals surface area contributed by atoms with Gasteiger partial charge in [-0.05, 0) is 35.4 Å². The minimum absolute atomic E-state index is 0.106. The van der Waals surface area contributed by atoms with Crippen molar-refractivity contribution >= 4 is 33.2 Å². The lowest BCUT2D eigenvalue weighted by atomic mass is 10.1. The molecule has 3 N–H and O–H groups in total. The quantitative estimate of drug-likeness (QED) is 0.787. The van der Waals surface area contributed by atoms with Gasteiger partial charge in [-0.3, -0.25) is 4.79 Å². The summed E-state index contributed by atoms with van der Waals surface area (Å²) in [5.41, 5.74) is 1.80. The number of nitrogens with one attached hydrogen (secondary N) is 1. The maximum Gasteiger partial charge on any atom is 0.228 e. The Balaban J connectivity index is 1.66. The van der Waals surface area contributed by atoms with E-state index in [0.29, 0.717) is 46.5 Å². The highest BCUT2D eigenvalue weighted by atomic mass is 35.5. The number of hydrogen-bond acceptors (Lipinski definition) is 5. The van der Waals surface area contributed by atoms with Crippen molar-refractivity contribution in [3.05, 3.63) is 52.5 Å². The van der Waals surface area contributed by atoms with Gasteiger partial charge >= 0.3 is 0 Å². The third kappa shape index (κ3) is 5.59. The van der Waals surface area contributed by atoms with Gasteiger partial charge in [0.05, 0.1) is 30.4 Å². The lowest BCUT2D eigenvalue weighted by Crippen LogP contribution is -2.15. The first-order valence-corrected chi connectivity index (χ1v) is 10.4. The number of sulfonamides is 1. The molecule has 3 rings (SSSR count). The van der Waals surface area contributed by atoms with Crippen molar-refractivity contribution in [3.8, 4) is 11.5 Å². The fraction of sp³-hybridized carbons (Fsp3) is 0.278. The smallest absolute Gasteiger partial charge is 0.228 e. The number of halogens is 1. The number of carbonyl (C=O) groups is 1. The van der Waals surface area contributed by atoms with E-state index in [1.54, 1.807) is 36.4 Å². The maximum absolute atomic E-state index is 12.3. The molecule has 2 aromatic carbocycles. The van der Waals surface area contributed by atoms with Gasteiger partial charge < -0.3 is 14.8 Å². The molecule has 0 saturated carbocycles. The highest BCUT2D eigenvalue weighted by Crippen LogP contribution is 2.38. The SMILES string of the molecule is NS(=O)(=O)Cc1ccc(NC(=O)Cc2cc(Cl)c3c(c2)OCCCO3)cc1. The minimum atomic E-state index is -3.59. The molecule has 1 aliphatic rings. The summed E-state index contributed by atoms with van der Waals surface area (Å²) in [5, 5.41) is 8.18. The molecule has 0 saturated heterocycles. The van der Waals surface area contributed by atoms with Crippen molar-refractivity contribution in [1.29, 1.82) is 0 Å². The number of nitrogens with two attached hydrogens (primary N) is 1. The van der Waals surface area contributed by atoms with Gasteiger partial charge in [-0.25, -0.2) is 13.6 Å². The predicted molar refractivity (Wildman–Crippen MR) is 103 cm³/mol. The second-order valence-electron chi connectivity index (χ2n) is 6.18. The Morgan fingerprint density at radius 1 is 1.11 bits per heavy atom. The van der Waals surface area contributed by atoms with Crippen LogP contribution in [0.5, 0.6) is 11.5 Å². The van der Waals surface area contributed by atoms with E-state index in [9.17, 15) is 13.2 Å². The number of rotatable bonds is 5. The molecule has 144 valence electrons. The van der Waals surface area contributed by atoms with E-state index in [0.717, 1.165) is 6.42 Å². The number of carbonyl (C=O) groups excluding carboxylic acids is 1. The number of fused-ring (bicyclic) bond motifs is 1. The molecular formula is C18H19ClN2O5S. The predicted octanol–water partition coefficient (Wildman–Crippen LogP) is 2.47. The van der Waals surface area contributed by atoms with Crippen LogP contribution in [0.15, 0.2) is 36.4 Å². The number of anilines is 1. The second-order valence-corrected chi connectivity index (χ2v) is 8.21. The van der Waals surface area contributed by atoms with Crippen molar-refractivity contribution in [2.24, 2.45) is 5.14 Å². The Bertz CT molecular complexity index is 945. The van der Waals surface area contributed by atoms with Gasteiger partial charge in [0.25, 0.3) is 0 Å². The van der Waals surface area contributed by atoms with Crippen LogP contribution in [0.1, 0.15) is 17.5 Å². The van der Waals surface area contributed by atoms with Gasteiger partial charge in [-0.2, -0.15) is 0 Å². The van der Waals surface area contributed by atoms with Crippen molar-refractivity contribution in [2.45, 2.75) is 18.6 Å². The first kappa shape index (κ1) is 19.5. The topological polar surface area (TPSA) is 108 Å². The molecule has 1 aliphatic heterocycles. The van der Waals surface area contributed by atoms with Crippen LogP contribution < -0.4 is 19.9 Å². The number of ether oxygens (including phenoxy) is 2. The summed E-state index contributed by atoms with van der Waals surface area (Å²) >= 11 is 6.24. The Hall–Kier alpha value is -2.29. The fourth-order valence-corrected chi connectivity index (χ4v) is 3.64. The standard InChI is InChI=1S/C18H19ClN2O5S/c19-15-8-13(9-16-18(15)26-7-1-6-25-16)10-17(22)21-14-4-2-12(3-5-14)11-27(20,23)24/h2-5,8-9H,1,6-7,10-11H2,(H,21,22)(H2,20,23,24). The van der Waals surface area contributed by atoms with Gasteiger partial charge in [-0.1, -0.05) is 23.7 Å². The van der Waals surface area contributed by atoms with Crippen molar-refractivity contribution < 1.29 is 22.7 Å². The summed E-state index contributed by atoms with van der Waals surface area (Å²) in [7, 11) is -3.59. The Kier molecular flexibility index (Phi) is 5.88. The Morgan fingerprint density at radius 2 is 1.81 bits per heavy atom. The molecule has 0 bridgehead atoms. The summed E-state index contributed by atoms with van der Waals surface area (Å²) in [6, 6.07) is 9.89. The molecule has 0 unspecified atom stereocenters. The van der Waals surface area contributed by atoms with Gasteiger partial charge in [0.1, 0.15) is 0 Å². The van der Waals surface area contributed by atoms with E-state index in [1.807, 2.05) is 0 Å². The summed E-state index contributed by atoms with van der Waals surface area (Å²) in [6.07, 6.45) is 0.873. The van der Waals surface area contributed by atoms with E-state index in [-0.39, 0.29) is 18.1 Å². The van der Waals surface area contributed by atoms with Crippen molar-refractivity contribution in [1.82, 2.24) is 0 Å². The Morgan fingerprint density at radius 3 is 2.52 bits per heavy atom. The summed E-state index contributed by atoms with van der Waals surface area (Å²) in [5.74, 6) is 0.551. The van der Waals surface area contributed by atoms with Gasteiger partial charge in [0.2, 0.25) is 15.9 Å². The van der Waals surface area contributed by atoms with Crippen molar-refractivity contribution in [3.63, 3.8) is 0 Å². The zero-order chi connectivity index (χ0) is 19.4. The monoisotopic (exact) mass is 410 g/mol. The van der Waals surface area contributed by atoms with Crippen LogP contribution in [0, 0.1) is 0 Å². The lowest BCUT2D eigenvalue weighted by molar-refractivity contribution is -0.115. The van der Waals surface area contributed by atoms with Crippen LogP contribution in [0.3, 0.4) is 0 Å². The van der Waals surface area contributed by atoms with Gasteiger partial charge in [0.15, 0.2) is 11.5 Å². The maximum atomic E-state index is 12.3. The zero-order valence-corrected chi connectivity index (χ0v) is 16.0. The zero-order valence-electron chi connectivity index (χ0n) is 14.4. The second kappa shape index (κ2) is 8.16. The first-order valence-electron chi connectivity index (χ1n) is 8.27. The highest BCUT2D eigenvalue weighted by Gasteiger charge is 2.17. The van der Waals surface area contributed by atoms with Crippen LogP contribution in [0.2, 0.25) is 5.02 Å². The molecule has 0 fully saturated rings. The molecule has 0 spiro atoms. The van der Waals surface area contributed by atoms with Crippen LogP contribution >= 0.6 is 11.6 Å². The highest BCUT2D eigenvalue weighted by molar-refractivity contribution is 7.88. The summed E-state index contributed by atoms with van der Waals surface area (Å²) < 4.78 is 33.4. The number of benzene rings is 2. The molecule has 0 atom stereocenters. The molecule has 0 radical (unpaired) electrons. The van der Waals surface area contributed by atoms with E-state index in [2.05, 4.69) is 5.32 Å². The van der Waals surface area contributed by atoms with E-state index < -0.39 is 10.0 Å². The number of primary sulfonamides is 1. The van der Waals surface area contributed by atoms with E-state index in [4.69, 9.17) is 26.2 Å². The molecule has 0 aromatic heterocycles. The molecule has 7 nitrogen and oxygen atoms in total. The lowest BCUT2D eigenvalue weighted by Gasteiger charge is -2.12. The van der Waals surface area contributed by atoms with Crippen LogP contribution in [-0.4, -0.2) is 27.5 Å². The average Bonchev–Trinajstić information content (AvgIpc) is 2.81. The molecule has 27 heavy (non-hydrogen) atoms. The van der Waals surface area contributed by atoms with Crippen molar-refractivity contribution in [2.75, 3.05) is 18.5 Å². The third-order valence-electron chi connectivity index (χ3n) is 3.83. The molecule has 0 aliphatic carbocycles. The normalized spacial score (nSPS) is 13.7. The Labute approximate surface area is 162 Å². The van der Waals surface area contributed by atoms with Crippen LogP contribution in [0.25, 0.3) is 0 Å². The number of amides is 1.